The number of anilines is 2. The first kappa shape index (κ1) is 14.5. The average molecular weight is 276 g/mol. The molecular formula is C14H20N4O2. The maximum absolute atomic E-state index is 9.55. The lowest BCUT2D eigenvalue weighted by molar-refractivity contribution is 0.132. The molecule has 0 aliphatic heterocycles. The van der Waals surface area contributed by atoms with E-state index in [0.29, 0.717) is 18.2 Å². The fraction of sp³-hybridized carbons (Fsp3) is 0.429. The molecule has 6 nitrogen and oxygen atoms in total. The first-order chi connectivity index (χ1) is 9.68. The molecule has 0 aliphatic carbocycles. The normalized spacial score (nSPS) is 11.6. The first-order valence-corrected chi connectivity index (χ1v) is 6.62. The Hall–Kier alpha value is -1.92. The van der Waals surface area contributed by atoms with E-state index >= 15 is 0 Å². The molecule has 0 bridgehead atoms. The van der Waals surface area contributed by atoms with Crippen molar-refractivity contribution in [2.24, 2.45) is 0 Å². The summed E-state index contributed by atoms with van der Waals surface area (Å²) < 4.78 is 0. The summed E-state index contributed by atoms with van der Waals surface area (Å²) in [6.07, 6.45) is 0.577. The van der Waals surface area contributed by atoms with Gasteiger partial charge in [-0.15, -0.1) is 0 Å². The van der Waals surface area contributed by atoms with Gasteiger partial charge in [-0.1, -0.05) is 19.1 Å². The molecule has 0 fully saturated rings. The molecule has 4 N–H and O–H groups in total. The van der Waals surface area contributed by atoms with E-state index in [0.717, 1.165) is 10.9 Å². The number of fused-ring (bicyclic) bond motifs is 1. The first-order valence-electron chi connectivity index (χ1n) is 6.62. The molecule has 1 heterocycles. The second-order valence-corrected chi connectivity index (χ2v) is 4.74. The monoisotopic (exact) mass is 276 g/mol. The molecule has 1 aromatic carbocycles. The van der Waals surface area contributed by atoms with Gasteiger partial charge in [-0.05, 0) is 18.6 Å². The number of hydrogen-bond donors (Lipinski definition) is 4. The van der Waals surface area contributed by atoms with Gasteiger partial charge in [-0.2, -0.15) is 4.98 Å². The second-order valence-electron chi connectivity index (χ2n) is 4.74. The van der Waals surface area contributed by atoms with Crippen LogP contribution in [0.3, 0.4) is 0 Å². The van der Waals surface area contributed by atoms with Crippen LogP contribution in [-0.2, 0) is 0 Å². The van der Waals surface area contributed by atoms with E-state index in [-0.39, 0.29) is 13.2 Å². The van der Waals surface area contributed by atoms with Crippen molar-refractivity contribution in [3.05, 3.63) is 24.3 Å². The van der Waals surface area contributed by atoms with Crippen molar-refractivity contribution in [1.82, 2.24) is 9.97 Å². The highest BCUT2D eigenvalue weighted by molar-refractivity contribution is 5.90. The fourth-order valence-corrected chi connectivity index (χ4v) is 1.98. The summed E-state index contributed by atoms with van der Waals surface area (Å²) in [7, 11) is 1.75. The fourth-order valence-electron chi connectivity index (χ4n) is 1.98. The summed E-state index contributed by atoms with van der Waals surface area (Å²) in [6, 6.07) is 7.62. The molecule has 0 aliphatic rings. The molecule has 2 rings (SSSR count). The third kappa shape index (κ3) is 2.66. The molecule has 0 amide bonds. The van der Waals surface area contributed by atoms with Crippen LogP contribution in [0.2, 0.25) is 0 Å². The maximum atomic E-state index is 9.55. The number of hydrogen-bond acceptors (Lipinski definition) is 6. The number of para-hydroxylation sites is 1. The standard InChI is InChI=1S/C14H20N4O2/c1-3-14(8-19,9-20)18-12-10-6-4-5-7-11(10)16-13(15-2)17-12/h4-7,19-20H,3,8-9H2,1-2H3,(H2,15,16,17,18). The van der Waals surface area contributed by atoms with Crippen LogP contribution in [0, 0.1) is 0 Å². The summed E-state index contributed by atoms with van der Waals surface area (Å²) in [5.74, 6) is 1.09. The molecular weight excluding hydrogens is 256 g/mol. The third-order valence-corrected chi connectivity index (χ3v) is 3.49. The minimum atomic E-state index is -0.790. The van der Waals surface area contributed by atoms with E-state index in [1.807, 2.05) is 31.2 Å². The Balaban J connectivity index is 2.52. The summed E-state index contributed by atoms with van der Waals surface area (Å²) in [6.45, 7) is 1.56. The van der Waals surface area contributed by atoms with Crippen LogP contribution in [0.5, 0.6) is 0 Å². The highest BCUT2D eigenvalue weighted by atomic mass is 16.3. The molecule has 0 radical (unpaired) electrons. The van der Waals surface area contributed by atoms with Gasteiger partial charge in [0, 0.05) is 12.4 Å². The molecule has 108 valence electrons. The zero-order chi connectivity index (χ0) is 14.6. The molecule has 1 aromatic heterocycles. The lowest BCUT2D eigenvalue weighted by atomic mass is 9.98. The molecule has 2 aromatic rings. The van der Waals surface area contributed by atoms with Gasteiger partial charge in [0.25, 0.3) is 0 Å². The Bertz CT molecular complexity index is 576. The van der Waals surface area contributed by atoms with Crippen LogP contribution < -0.4 is 10.6 Å². The predicted octanol–water partition coefficient (Wildman–Crippen LogP) is 1.22. The Morgan fingerprint density at radius 1 is 1.15 bits per heavy atom. The van der Waals surface area contributed by atoms with Crippen LogP contribution in [0.4, 0.5) is 11.8 Å². The lowest BCUT2D eigenvalue weighted by Gasteiger charge is -2.30. The number of aromatic nitrogens is 2. The zero-order valence-corrected chi connectivity index (χ0v) is 11.7. The number of nitrogens with zero attached hydrogens (tertiary/aromatic N) is 2. The minimum absolute atomic E-state index is 0.173. The van der Waals surface area contributed by atoms with Gasteiger partial charge >= 0.3 is 0 Å². The van der Waals surface area contributed by atoms with Crippen molar-refractivity contribution in [2.75, 3.05) is 30.9 Å². The average Bonchev–Trinajstić information content (AvgIpc) is 2.52. The van der Waals surface area contributed by atoms with Crippen molar-refractivity contribution in [3.8, 4) is 0 Å². The zero-order valence-electron chi connectivity index (χ0n) is 11.7. The van der Waals surface area contributed by atoms with E-state index < -0.39 is 5.54 Å². The molecule has 6 heteroatoms. The van der Waals surface area contributed by atoms with Crippen molar-refractivity contribution in [1.29, 1.82) is 0 Å². The number of rotatable bonds is 6. The van der Waals surface area contributed by atoms with E-state index in [4.69, 9.17) is 0 Å². The Morgan fingerprint density at radius 2 is 1.85 bits per heavy atom. The van der Waals surface area contributed by atoms with Crippen molar-refractivity contribution >= 4 is 22.7 Å². The van der Waals surface area contributed by atoms with E-state index in [1.165, 1.54) is 0 Å². The molecule has 0 spiro atoms. The highest BCUT2D eigenvalue weighted by Crippen LogP contribution is 2.25. The minimum Gasteiger partial charge on any atom is -0.394 e. The van der Waals surface area contributed by atoms with Crippen LogP contribution >= 0.6 is 0 Å². The molecule has 0 unspecified atom stereocenters. The van der Waals surface area contributed by atoms with E-state index in [1.54, 1.807) is 7.05 Å². The second kappa shape index (κ2) is 6.02. The van der Waals surface area contributed by atoms with Gasteiger partial charge in [0.15, 0.2) is 0 Å². The van der Waals surface area contributed by atoms with Gasteiger partial charge in [0.1, 0.15) is 5.82 Å². The van der Waals surface area contributed by atoms with Gasteiger partial charge in [0.2, 0.25) is 5.95 Å². The van der Waals surface area contributed by atoms with Gasteiger partial charge in [-0.3, -0.25) is 0 Å². The SMILES string of the molecule is CCC(CO)(CO)Nc1nc(NC)nc2ccccc12. The smallest absolute Gasteiger partial charge is 0.224 e. The van der Waals surface area contributed by atoms with Crippen LogP contribution in [0.1, 0.15) is 13.3 Å². The van der Waals surface area contributed by atoms with E-state index in [9.17, 15) is 10.2 Å². The van der Waals surface area contributed by atoms with Crippen LogP contribution in [0.25, 0.3) is 10.9 Å². The maximum Gasteiger partial charge on any atom is 0.224 e. The molecule has 0 saturated carbocycles. The summed E-state index contributed by atoms with van der Waals surface area (Å²) >= 11 is 0. The predicted molar refractivity (Wildman–Crippen MR) is 79.9 cm³/mol. The van der Waals surface area contributed by atoms with Gasteiger partial charge in [-0.25, -0.2) is 4.98 Å². The third-order valence-electron chi connectivity index (χ3n) is 3.49. The Kier molecular flexibility index (Phi) is 4.36. The largest absolute Gasteiger partial charge is 0.394 e. The van der Waals surface area contributed by atoms with Crippen LogP contribution in [-0.4, -0.2) is 46.0 Å². The highest BCUT2D eigenvalue weighted by Gasteiger charge is 2.27. The number of benzene rings is 1. The Morgan fingerprint density at radius 3 is 2.45 bits per heavy atom. The molecule has 20 heavy (non-hydrogen) atoms. The van der Waals surface area contributed by atoms with Crippen molar-refractivity contribution < 1.29 is 10.2 Å². The summed E-state index contributed by atoms with van der Waals surface area (Å²) in [4.78, 5) is 8.77. The van der Waals surface area contributed by atoms with Gasteiger partial charge < -0.3 is 20.8 Å². The number of aliphatic hydroxyl groups excluding tert-OH is 2. The summed E-state index contributed by atoms with van der Waals surface area (Å²) in [5, 5.41) is 26.0. The summed E-state index contributed by atoms with van der Waals surface area (Å²) in [5.41, 5.74) is 0.0116. The number of aliphatic hydroxyl groups is 2. The van der Waals surface area contributed by atoms with E-state index in [2.05, 4.69) is 20.6 Å². The lowest BCUT2D eigenvalue weighted by Crippen LogP contribution is -2.45. The van der Waals surface area contributed by atoms with Gasteiger partial charge in [0.05, 0.1) is 24.3 Å². The van der Waals surface area contributed by atoms with Crippen molar-refractivity contribution in [2.45, 2.75) is 18.9 Å². The number of nitrogens with one attached hydrogen (secondary N) is 2. The molecule has 0 atom stereocenters. The topological polar surface area (TPSA) is 90.3 Å². The van der Waals surface area contributed by atoms with Crippen molar-refractivity contribution in [3.63, 3.8) is 0 Å². The Labute approximate surface area is 117 Å². The van der Waals surface area contributed by atoms with Crippen LogP contribution in [0.15, 0.2) is 24.3 Å². The quantitative estimate of drug-likeness (QED) is 0.634. The molecule has 0 saturated heterocycles.